The quantitative estimate of drug-likeness (QED) is 0.288. The van der Waals surface area contributed by atoms with Gasteiger partial charge in [0.1, 0.15) is 18.9 Å². The van der Waals surface area contributed by atoms with E-state index in [2.05, 4.69) is 22.6 Å². The van der Waals surface area contributed by atoms with Crippen molar-refractivity contribution in [3.63, 3.8) is 0 Å². The molecule has 8 heteroatoms. The first-order valence-corrected chi connectivity index (χ1v) is 11.2. The lowest BCUT2D eigenvalue weighted by Gasteiger charge is -2.11. The monoisotopic (exact) mass is 537 g/mol. The molecule has 0 spiro atoms. The Kier molecular flexibility index (Phi) is 7.54. The Morgan fingerprint density at radius 3 is 2.57 bits per heavy atom. The van der Waals surface area contributed by atoms with Gasteiger partial charge in [-0.15, -0.1) is 0 Å². The highest BCUT2D eigenvalue weighted by atomic mass is 127. The van der Waals surface area contributed by atoms with Gasteiger partial charge in [0, 0.05) is 0 Å². The molecule has 1 saturated heterocycles. The van der Waals surface area contributed by atoms with Crippen molar-refractivity contribution < 1.29 is 23.9 Å². The third-order valence-corrected chi connectivity index (χ3v) is 5.99. The van der Waals surface area contributed by atoms with E-state index in [0.717, 1.165) is 37.1 Å². The third-order valence-electron chi connectivity index (χ3n) is 4.23. The molecule has 156 valence electrons. The summed E-state index contributed by atoms with van der Waals surface area (Å²) in [6.07, 6.45) is 1.64. The molecule has 1 aliphatic rings. The average molecular weight is 537 g/mol. The van der Waals surface area contributed by atoms with Crippen molar-refractivity contribution in [3.8, 4) is 5.75 Å². The molecule has 2 aromatic rings. The number of hydrogen-bond acceptors (Lipinski definition) is 6. The lowest BCUT2D eigenvalue weighted by Crippen LogP contribution is -2.34. The normalized spacial score (nSPS) is 15.0. The fourth-order valence-corrected chi connectivity index (χ4v) is 4.23. The van der Waals surface area contributed by atoms with Gasteiger partial charge in [0.15, 0.2) is 0 Å². The smallest absolute Gasteiger partial charge is 0.326 e. The average Bonchev–Trinajstić information content (AvgIpc) is 2.96. The molecule has 6 nitrogen and oxygen atoms in total. The summed E-state index contributed by atoms with van der Waals surface area (Å²) in [5.74, 6) is -0.359. The van der Waals surface area contributed by atoms with Crippen LogP contribution in [0.25, 0.3) is 6.08 Å². The molecule has 2 aromatic carbocycles. The Hall–Kier alpha value is -2.33. The molecule has 1 aliphatic heterocycles. The molecular formula is C22H20INO5S. The number of ether oxygens (including phenoxy) is 2. The van der Waals surface area contributed by atoms with E-state index in [1.54, 1.807) is 13.0 Å². The fourth-order valence-electron chi connectivity index (χ4n) is 2.69. The topological polar surface area (TPSA) is 72.9 Å². The van der Waals surface area contributed by atoms with Crippen LogP contribution in [0.1, 0.15) is 23.6 Å². The maximum Gasteiger partial charge on any atom is 0.326 e. The number of carbonyl (C=O) groups is 3. The number of hydrogen-bond donors (Lipinski definition) is 0. The summed E-state index contributed by atoms with van der Waals surface area (Å²) in [5, 5.41) is -0.480. The van der Waals surface area contributed by atoms with Gasteiger partial charge in [-0.05, 0) is 77.5 Å². The molecule has 0 aliphatic carbocycles. The van der Waals surface area contributed by atoms with Gasteiger partial charge >= 0.3 is 5.97 Å². The standard InChI is InChI=1S/C22H20INO5S/c1-3-28-20(25)12-24-21(26)19(30-22(24)27)11-16-8-9-18(17(23)10-16)29-13-15-6-4-14(2)5-7-15/h4-11H,3,12-13H2,1-2H3/b19-11+. The molecule has 0 N–H and O–H groups in total. The molecular weight excluding hydrogens is 517 g/mol. The van der Waals surface area contributed by atoms with Crippen LogP contribution in [-0.2, 0) is 20.9 Å². The summed E-state index contributed by atoms with van der Waals surface area (Å²) in [6.45, 7) is 3.99. The number of benzene rings is 2. The van der Waals surface area contributed by atoms with Crippen LogP contribution in [-0.4, -0.2) is 35.2 Å². The van der Waals surface area contributed by atoms with Crippen LogP contribution in [0.5, 0.6) is 5.75 Å². The van der Waals surface area contributed by atoms with Gasteiger partial charge < -0.3 is 9.47 Å². The van der Waals surface area contributed by atoms with Crippen molar-refractivity contribution in [2.24, 2.45) is 0 Å². The Morgan fingerprint density at radius 2 is 1.90 bits per heavy atom. The van der Waals surface area contributed by atoms with Crippen LogP contribution in [0.15, 0.2) is 47.4 Å². The van der Waals surface area contributed by atoms with Crippen LogP contribution >= 0.6 is 34.4 Å². The molecule has 0 radical (unpaired) electrons. The molecule has 0 aromatic heterocycles. The molecule has 3 rings (SSSR count). The zero-order valence-electron chi connectivity index (χ0n) is 16.5. The first kappa shape index (κ1) is 22.4. The summed E-state index contributed by atoms with van der Waals surface area (Å²) in [5.41, 5.74) is 3.05. The van der Waals surface area contributed by atoms with E-state index in [4.69, 9.17) is 9.47 Å². The number of carbonyl (C=O) groups excluding carboxylic acids is 3. The van der Waals surface area contributed by atoms with Gasteiger partial charge in [-0.2, -0.15) is 0 Å². The fraction of sp³-hybridized carbons (Fsp3) is 0.227. The Balaban J connectivity index is 1.68. The summed E-state index contributed by atoms with van der Waals surface area (Å²) in [6, 6.07) is 13.7. The summed E-state index contributed by atoms with van der Waals surface area (Å²) in [4.78, 5) is 37.3. The third kappa shape index (κ3) is 5.63. The van der Waals surface area contributed by atoms with E-state index in [9.17, 15) is 14.4 Å². The second kappa shape index (κ2) is 10.1. The SMILES string of the molecule is CCOC(=O)CN1C(=O)S/C(=C/c2ccc(OCc3ccc(C)cc3)c(I)c2)C1=O. The molecule has 1 heterocycles. The molecule has 0 bridgehead atoms. The van der Waals surface area contributed by atoms with Crippen LogP contribution in [0.3, 0.4) is 0 Å². The molecule has 1 fully saturated rings. The maximum atomic E-state index is 12.5. The van der Waals surface area contributed by atoms with E-state index in [1.807, 2.05) is 49.4 Å². The van der Waals surface area contributed by atoms with E-state index in [1.165, 1.54) is 5.56 Å². The molecule has 30 heavy (non-hydrogen) atoms. The van der Waals surface area contributed by atoms with Gasteiger partial charge in [-0.3, -0.25) is 19.3 Å². The molecule has 0 unspecified atom stereocenters. The van der Waals surface area contributed by atoms with E-state index in [0.29, 0.717) is 6.61 Å². The highest BCUT2D eigenvalue weighted by Crippen LogP contribution is 2.33. The van der Waals surface area contributed by atoms with Crippen molar-refractivity contribution in [2.75, 3.05) is 13.2 Å². The van der Waals surface area contributed by atoms with E-state index in [-0.39, 0.29) is 18.1 Å². The lowest BCUT2D eigenvalue weighted by molar-refractivity contribution is -0.145. The summed E-state index contributed by atoms with van der Waals surface area (Å²) in [7, 11) is 0. The second-order valence-electron chi connectivity index (χ2n) is 6.54. The van der Waals surface area contributed by atoms with Crippen LogP contribution in [0.2, 0.25) is 0 Å². The van der Waals surface area contributed by atoms with Crippen molar-refractivity contribution in [1.29, 1.82) is 0 Å². The van der Waals surface area contributed by atoms with Gasteiger partial charge in [-0.25, -0.2) is 0 Å². The summed E-state index contributed by atoms with van der Waals surface area (Å²) < 4.78 is 11.6. The number of amides is 2. The highest BCUT2D eigenvalue weighted by molar-refractivity contribution is 14.1. The van der Waals surface area contributed by atoms with Crippen molar-refractivity contribution >= 4 is 57.5 Å². The zero-order valence-corrected chi connectivity index (χ0v) is 19.5. The number of aryl methyl sites for hydroxylation is 1. The van der Waals surface area contributed by atoms with Gasteiger partial charge in [-0.1, -0.05) is 35.9 Å². The largest absolute Gasteiger partial charge is 0.488 e. The van der Waals surface area contributed by atoms with Crippen molar-refractivity contribution in [1.82, 2.24) is 4.90 Å². The minimum Gasteiger partial charge on any atom is -0.488 e. The van der Waals surface area contributed by atoms with Crippen LogP contribution < -0.4 is 4.74 Å². The zero-order chi connectivity index (χ0) is 21.7. The Morgan fingerprint density at radius 1 is 1.17 bits per heavy atom. The minimum absolute atomic E-state index is 0.196. The number of thioether (sulfide) groups is 1. The lowest BCUT2D eigenvalue weighted by atomic mass is 10.1. The first-order valence-electron chi connectivity index (χ1n) is 9.26. The number of imide groups is 1. The second-order valence-corrected chi connectivity index (χ2v) is 8.69. The maximum absolute atomic E-state index is 12.5. The highest BCUT2D eigenvalue weighted by Gasteiger charge is 2.36. The predicted octanol–water partition coefficient (Wildman–Crippen LogP) is 4.78. The van der Waals surface area contributed by atoms with Crippen molar-refractivity contribution in [3.05, 3.63) is 67.6 Å². The van der Waals surface area contributed by atoms with E-state index < -0.39 is 17.1 Å². The van der Waals surface area contributed by atoms with Crippen molar-refractivity contribution in [2.45, 2.75) is 20.5 Å². The number of nitrogens with zero attached hydrogens (tertiary/aromatic N) is 1. The molecule has 0 saturated carbocycles. The number of halogens is 1. The first-order chi connectivity index (χ1) is 14.4. The van der Waals surface area contributed by atoms with Gasteiger partial charge in [0.25, 0.3) is 11.1 Å². The number of esters is 1. The minimum atomic E-state index is -0.606. The Labute approximate surface area is 192 Å². The summed E-state index contributed by atoms with van der Waals surface area (Å²) >= 11 is 2.99. The van der Waals surface area contributed by atoms with Gasteiger partial charge in [0.2, 0.25) is 0 Å². The van der Waals surface area contributed by atoms with Gasteiger partial charge in [0.05, 0.1) is 15.1 Å². The predicted molar refractivity (Wildman–Crippen MR) is 124 cm³/mol. The Bertz CT molecular complexity index is 1000. The number of rotatable bonds is 7. The van der Waals surface area contributed by atoms with Crippen LogP contribution in [0, 0.1) is 10.5 Å². The molecule has 2 amide bonds. The van der Waals surface area contributed by atoms with E-state index >= 15 is 0 Å². The molecule has 0 atom stereocenters. The van der Waals surface area contributed by atoms with Crippen LogP contribution in [0.4, 0.5) is 4.79 Å².